The van der Waals surface area contributed by atoms with Gasteiger partial charge >= 0.3 is 0 Å². The molecule has 2 aromatic carbocycles. The Kier molecular flexibility index (Phi) is 5.06. The summed E-state index contributed by atoms with van der Waals surface area (Å²) < 4.78 is 0. The van der Waals surface area contributed by atoms with Crippen LogP contribution in [0.2, 0.25) is 0 Å². The van der Waals surface area contributed by atoms with Crippen LogP contribution in [0.25, 0.3) is 0 Å². The van der Waals surface area contributed by atoms with Gasteiger partial charge in [-0.15, -0.1) is 0 Å². The van der Waals surface area contributed by atoms with Gasteiger partial charge in [0.15, 0.2) is 11.5 Å². The number of phenols is 3. The predicted octanol–water partition coefficient (Wildman–Crippen LogP) is 3.43. The van der Waals surface area contributed by atoms with Crippen LogP contribution in [0.3, 0.4) is 0 Å². The first-order chi connectivity index (χ1) is 10.1. The molecule has 4 N–H and O–H groups in total. The first-order valence-electron chi connectivity index (χ1n) is 7.14. The maximum Gasteiger partial charge on any atom is 0.200 e. The fourth-order valence-corrected chi connectivity index (χ4v) is 2.35. The van der Waals surface area contributed by atoms with Gasteiger partial charge < -0.3 is 20.6 Å². The largest absolute Gasteiger partial charge is 0.504 e. The lowest BCUT2D eigenvalue weighted by Crippen LogP contribution is -2.20. The molecule has 1 atom stereocenters. The maximum absolute atomic E-state index is 9.84. The number of aromatic hydroxyl groups is 3. The summed E-state index contributed by atoms with van der Waals surface area (Å²) in [7, 11) is 0. The van der Waals surface area contributed by atoms with Crippen molar-refractivity contribution < 1.29 is 15.3 Å². The van der Waals surface area contributed by atoms with Crippen molar-refractivity contribution in [2.45, 2.75) is 32.4 Å². The summed E-state index contributed by atoms with van der Waals surface area (Å²) in [5, 5.41) is 32.1. The first kappa shape index (κ1) is 15.2. The SMILES string of the molecule is CCCC(NCc1ccc(O)c(O)c1O)c1ccccc1. The van der Waals surface area contributed by atoms with Gasteiger partial charge in [0.05, 0.1) is 0 Å². The van der Waals surface area contributed by atoms with Crippen molar-refractivity contribution in [1.82, 2.24) is 5.32 Å². The van der Waals surface area contributed by atoms with E-state index in [-0.39, 0.29) is 17.5 Å². The van der Waals surface area contributed by atoms with E-state index in [2.05, 4.69) is 24.4 Å². The number of nitrogens with one attached hydrogen (secondary N) is 1. The zero-order valence-corrected chi connectivity index (χ0v) is 12.1. The molecule has 2 aromatic rings. The topological polar surface area (TPSA) is 72.7 Å². The average Bonchev–Trinajstić information content (AvgIpc) is 2.51. The Morgan fingerprint density at radius 2 is 1.67 bits per heavy atom. The average molecular weight is 287 g/mol. The van der Waals surface area contributed by atoms with Gasteiger partial charge in [-0.2, -0.15) is 0 Å². The van der Waals surface area contributed by atoms with Gasteiger partial charge in [-0.1, -0.05) is 49.7 Å². The van der Waals surface area contributed by atoms with Crippen molar-refractivity contribution in [3.8, 4) is 17.2 Å². The van der Waals surface area contributed by atoms with Gasteiger partial charge in [0.2, 0.25) is 5.75 Å². The summed E-state index contributed by atoms with van der Waals surface area (Å²) in [4.78, 5) is 0. The molecular weight excluding hydrogens is 266 g/mol. The van der Waals surface area contributed by atoms with Gasteiger partial charge in [-0.3, -0.25) is 0 Å². The second-order valence-corrected chi connectivity index (χ2v) is 5.07. The summed E-state index contributed by atoms with van der Waals surface area (Å²) >= 11 is 0. The van der Waals surface area contributed by atoms with E-state index in [1.54, 1.807) is 6.07 Å². The highest BCUT2D eigenvalue weighted by Gasteiger charge is 2.14. The smallest absolute Gasteiger partial charge is 0.200 e. The van der Waals surface area contributed by atoms with Crippen LogP contribution in [0.5, 0.6) is 17.2 Å². The lowest BCUT2D eigenvalue weighted by Gasteiger charge is -2.19. The summed E-state index contributed by atoms with van der Waals surface area (Å²) in [5.41, 5.74) is 1.75. The molecule has 4 heteroatoms. The van der Waals surface area contributed by atoms with Crippen LogP contribution in [-0.4, -0.2) is 15.3 Å². The van der Waals surface area contributed by atoms with Crippen molar-refractivity contribution in [3.63, 3.8) is 0 Å². The van der Waals surface area contributed by atoms with Crippen molar-refractivity contribution in [2.24, 2.45) is 0 Å². The van der Waals surface area contributed by atoms with Gasteiger partial charge in [-0.25, -0.2) is 0 Å². The van der Waals surface area contributed by atoms with Crippen LogP contribution in [0.15, 0.2) is 42.5 Å². The van der Waals surface area contributed by atoms with Crippen LogP contribution in [0.1, 0.15) is 36.9 Å². The van der Waals surface area contributed by atoms with E-state index in [0.29, 0.717) is 12.1 Å². The van der Waals surface area contributed by atoms with Gasteiger partial charge in [0, 0.05) is 18.2 Å². The molecule has 112 valence electrons. The molecule has 0 fully saturated rings. The zero-order valence-electron chi connectivity index (χ0n) is 12.1. The summed E-state index contributed by atoms with van der Waals surface area (Å²) in [5.74, 6) is -1.06. The van der Waals surface area contributed by atoms with Crippen LogP contribution in [0, 0.1) is 0 Å². The highest BCUT2D eigenvalue weighted by Crippen LogP contribution is 2.37. The number of hydrogen-bond donors (Lipinski definition) is 4. The minimum absolute atomic E-state index is 0.187. The normalized spacial score (nSPS) is 12.2. The van der Waals surface area contributed by atoms with Crippen molar-refractivity contribution >= 4 is 0 Å². The lowest BCUT2D eigenvalue weighted by molar-refractivity contribution is 0.362. The molecule has 0 heterocycles. The molecule has 0 aromatic heterocycles. The Hall–Kier alpha value is -2.20. The highest BCUT2D eigenvalue weighted by molar-refractivity contribution is 5.53. The Labute approximate surface area is 124 Å². The fourth-order valence-electron chi connectivity index (χ4n) is 2.35. The molecule has 1 unspecified atom stereocenters. The fraction of sp³-hybridized carbons (Fsp3) is 0.294. The Bertz CT molecular complexity index is 584. The van der Waals surface area contributed by atoms with Crippen molar-refractivity contribution in [2.75, 3.05) is 0 Å². The van der Waals surface area contributed by atoms with Gasteiger partial charge in [0.25, 0.3) is 0 Å². The molecule has 0 aliphatic carbocycles. The second kappa shape index (κ2) is 6.99. The van der Waals surface area contributed by atoms with Crippen LogP contribution < -0.4 is 5.32 Å². The number of benzene rings is 2. The summed E-state index contributed by atoms with van der Waals surface area (Å²) in [6, 6.07) is 13.3. The second-order valence-electron chi connectivity index (χ2n) is 5.07. The van der Waals surface area contributed by atoms with Gasteiger partial charge in [0.1, 0.15) is 0 Å². The Morgan fingerprint density at radius 1 is 0.952 bits per heavy atom. The highest BCUT2D eigenvalue weighted by atomic mass is 16.3. The number of rotatable bonds is 6. The van der Waals surface area contributed by atoms with Crippen molar-refractivity contribution in [1.29, 1.82) is 0 Å². The molecule has 0 saturated carbocycles. The monoisotopic (exact) mass is 287 g/mol. The van der Waals surface area contributed by atoms with Gasteiger partial charge in [-0.05, 0) is 18.1 Å². The minimum atomic E-state index is -0.471. The van der Waals surface area contributed by atoms with E-state index < -0.39 is 5.75 Å². The molecule has 0 spiro atoms. The third kappa shape index (κ3) is 3.67. The molecule has 0 aliphatic rings. The summed E-state index contributed by atoms with van der Waals surface area (Å²) in [6.07, 6.45) is 2.02. The summed E-state index contributed by atoms with van der Waals surface area (Å²) in [6.45, 7) is 2.54. The third-order valence-electron chi connectivity index (χ3n) is 3.53. The van der Waals surface area contributed by atoms with Crippen LogP contribution in [-0.2, 0) is 6.54 Å². The standard InChI is InChI=1S/C17H21NO3/c1-2-6-14(12-7-4-3-5-8-12)18-11-13-9-10-15(19)17(21)16(13)20/h3-5,7-10,14,18-21H,2,6,11H2,1H3. The molecule has 4 nitrogen and oxygen atoms in total. The molecule has 0 radical (unpaired) electrons. The first-order valence-corrected chi connectivity index (χ1v) is 7.14. The van der Waals surface area contributed by atoms with E-state index in [1.807, 2.05) is 18.2 Å². The Morgan fingerprint density at radius 3 is 2.33 bits per heavy atom. The number of phenolic OH excluding ortho intramolecular Hbond substituents is 3. The molecule has 0 bridgehead atoms. The van der Waals surface area contributed by atoms with E-state index in [1.165, 1.54) is 11.6 Å². The van der Waals surface area contributed by atoms with E-state index >= 15 is 0 Å². The lowest BCUT2D eigenvalue weighted by atomic mass is 10.0. The van der Waals surface area contributed by atoms with E-state index in [4.69, 9.17) is 0 Å². The minimum Gasteiger partial charge on any atom is -0.504 e. The molecule has 2 rings (SSSR count). The van der Waals surface area contributed by atoms with Crippen LogP contribution >= 0.6 is 0 Å². The molecule has 0 aliphatic heterocycles. The van der Waals surface area contributed by atoms with E-state index in [0.717, 1.165) is 12.8 Å². The number of hydrogen-bond acceptors (Lipinski definition) is 4. The maximum atomic E-state index is 9.84. The zero-order chi connectivity index (χ0) is 15.2. The van der Waals surface area contributed by atoms with Crippen molar-refractivity contribution in [3.05, 3.63) is 53.6 Å². The van der Waals surface area contributed by atoms with E-state index in [9.17, 15) is 15.3 Å². The quantitative estimate of drug-likeness (QED) is 0.614. The Balaban J connectivity index is 2.11. The third-order valence-corrected chi connectivity index (χ3v) is 3.53. The molecular formula is C17H21NO3. The molecule has 0 amide bonds. The predicted molar refractivity (Wildman–Crippen MR) is 82.4 cm³/mol. The van der Waals surface area contributed by atoms with Crippen LogP contribution in [0.4, 0.5) is 0 Å². The molecule has 0 saturated heterocycles. The molecule has 21 heavy (non-hydrogen) atoms.